The van der Waals surface area contributed by atoms with Crippen molar-refractivity contribution in [2.45, 2.75) is 5.22 Å². The van der Waals surface area contributed by atoms with Crippen LogP contribution in [0.3, 0.4) is 0 Å². The molecule has 0 fully saturated rings. The molecule has 0 aliphatic heterocycles. The van der Waals surface area contributed by atoms with E-state index >= 15 is 0 Å². The summed E-state index contributed by atoms with van der Waals surface area (Å²) in [6.45, 7) is 0. The Bertz CT molecular complexity index is 833. The molecule has 0 saturated carbocycles. The smallest absolute Gasteiger partial charge is 0.342 e. The molecular formula is C14H7BrINO4S. The van der Waals surface area contributed by atoms with Crippen LogP contribution in [0.15, 0.2) is 53.8 Å². The van der Waals surface area contributed by atoms with Crippen molar-refractivity contribution in [2.24, 2.45) is 0 Å². The number of para-hydroxylation sites is 2. The van der Waals surface area contributed by atoms with Gasteiger partial charge in [0.25, 0.3) is 5.22 Å². The minimum atomic E-state index is -1.07. The van der Waals surface area contributed by atoms with Crippen LogP contribution in [-0.4, -0.2) is 16.1 Å². The molecule has 3 aromatic rings. The predicted octanol–water partition coefficient (Wildman–Crippen LogP) is 5.01. The highest BCUT2D eigenvalue weighted by Crippen LogP contribution is 2.32. The molecule has 22 heavy (non-hydrogen) atoms. The number of oxazole rings is 1. The third kappa shape index (κ3) is 3.39. The highest BCUT2D eigenvalue weighted by Gasteiger charge is 2.16. The number of hydrogen-bond donors (Lipinski definition) is 1. The number of halogens is 2. The summed E-state index contributed by atoms with van der Waals surface area (Å²) >= 11 is 6.27. The van der Waals surface area contributed by atoms with Gasteiger partial charge in [-0.1, -0.05) is 12.1 Å². The lowest BCUT2D eigenvalue weighted by atomic mass is 10.3. The summed E-state index contributed by atoms with van der Waals surface area (Å²) in [7, 11) is 0. The zero-order valence-electron chi connectivity index (χ0n) is 10.7. The van der Waals surface area contributed by atoms with E-state index in [2.05, 4.69) is 20.9 Å². The van der Waals surface area contributed by atoms with E-state index in [1.54, 1.807) is 18.2 Å². The van der Waals surface area contributed by atoms with Gasteiger partial charge in [0.1, 0.15) is 16.2 Å². The summed E-state index contributed by atoms with van der Waals surface area (Å²) < 4.78 is 12.4. The van der Waals surface area contributed by atoms with Gasteiger partial charge in [-0.05, 0) is 45.9 Å². The molecule has 0 bridgehead atoms. The maximum Gasteiger partial charge on any atom is 0.342 e. The third-order valence-electron chi connectivity index (χ3n) is 2.62. The fourth-order valence-electron chi connectivity index (χ4n) is 1.69. The second-order valence-electron chi connectivity index (χ2n) is 4.13. The Morgan fingerprint density at radius 2 is 2.14 bits per heavy atom. The topological polar surface area (TPSA) is 76.5 Å². The van der Waals surface area contributed by atoms with Gasteiger partial charge in [-0.2, -0.15) is 0 Å². The Morgan fingerprint density at radius 1 is 1.36 bits per heavy atom. The summed E-state index contributed by atoms with van der Waals surface area (Å²) in [5.41, 5.74) is 1.30. The predicted molar refractivity (Wildman–Crippen MR) is 94.6 cm³/mol. The Kier molecular flexibility index (Phi) is 4.59. The third-order valence-corrected chi connectivity index (χ3v) is 5.61. The number of carboxylic acids is 1. The molecule has 0 aliphatic rings. The van der Waals surface area contributed by atoms with Gasteiger partial charge in [0, 0.05) is 28.7 Å². The van der Waals surface area contributed by atoms with Crippen molar-refractivity contribution < 1.29 is 18.7 Å². The first kappa shape index (κ1) is 15.6. The number of aliphatic carboxylic acids is 1. The fourth-order valence-corrected chi connectivity index (χ4v) is 3.13. The molecule has 0 spiro atoms. The monoisotopic (exact) mass is 491 g/mol. The van der Waals surface area contributed by atoms with E-state index in [1.165, 1.54) is 6.08 Å². The standard InChI is InChI=1S/C14H7BrINO4S/c15-8-5-7(20-12(8)16)6-11(13(18)19)22-14-17-9-3-1-2-4-10(9)21-14/h1-6H,(H,18,19)/b11-6-. The highest BCUT2D eigenvalue weighted by atomic mass is 127. The Morgan fingerprint density at radius 3 is 2.77 bits per heavy atom. The molecule has 0 amide bonds. The quantitative estimate of drug-likeness (QED) is 0.314. The SMILES string of the molecule is O=C(O)/C(=C/c1cc(Br)c(I)o1)Sc1nc2ccccc2o1. The number of carboxylic acid groups (broad SMARTS) is 1. The lowest BCUT2D eigenvalue weighted by Crippen LogP contribution is -1.96. The van der Waals surface area contributed by atoms with Crippen LogP contribution in [0.2, 0.25) is 0 Å². The molecule has 0 saturated heterocycles. The van der Waals surface area contributed by atoms with Gasteiger partial charge >= 0.3 is 5.97 Å². The number of benzene rings is 1. The van der Waals surface area contributed by atoms with Crippen LogP contribution in [0.25, 0.3) is 17.2 Å². The van der Waals surface area contributed by atoms with Crippen molar-refractivity contribution in [2.75, 3.05) is 0 Å². The van der Waals surface area contributed by atoms with Crippen LogP contribution in [0, 0.1) is 3.77 Å². The molecule has 1 N–H and O–H groups in total. The zero-order valence-corrected chi connectivity index (χ0v) is 15.3. The van der Waals surface area contributed by atoms with E-state index in [4.69, 9.17) is 8.83 Å². The average molecular weight is 492 g/mol. The van der Waals surface area contributed by atoms with Gasteiger partial charge in [0.15, 0.2) is 9.35 Å². The maximum atomic E-state index is 11.4. The summed E-state index contributed by atoms with van der Waals surface area (Å²) in [6, 6.07) is 8.96. The summed E-state index contributed by atoms with van der Waals surface area (Å²) in [6.07, 6.45) is 1.44. The molecule has 112 valence electrons. The van der Waals surface area contributed by atoms with E-state index in [0.717, 1.165) is 16.2 Å². The number of thioether (sulfide) groups is 1. The Labute approximate surface area is 151 Å². The second-order valence-corrected chi connectivity index (χ2v) is 6.96. The van der Waals surface area contributed by atoms with E-state index < -0.39 is 5.97 Å². The van der Waals surface area contributed by atoms with E-state index in [9.17, 15) is 9.90 Å². The number of rotatable bonds is 4. The molecule has 8 heteroatoms. The van der Waals surface area contributed by atoms with Crippen LogP contribution in [0.4, 0.5) is 0 Å². The minimum Gasteiger partial charge on any atom is -0.477 e. The number of carbonyl (C=O) groups is 1. The van der Waals surface area contributed by atoms with Crippen molar-refractivity contribution in [1.82, 2.24) is 4.98 Å². The maximum absolute atomic E-state index is 11.4. The summed E-state index contributed by atoms with van der Waals surface area (Å²) in [5.74, 6) is -0.632. The summed E-state index contributed by atoms with van der Waals surface area (Å²) in [4.78, 5) is 15.7. The number of hydrogen-bond acceptors (Lipinski definition) is 5. The molecule has 2 heterocycles. The van der Waals surface area contributed by atoms with Crippen molar-refractivity contribution in [3.05, 3.63) is 49.2 Å². The number of aromatic nitrogens is 1. The minimum absolute atomic E-state index is 0.0595. The largest absolute Gasteiger partial charge is 0.477 e. The van der Waals surface area contributed by atoms with Gasteiger partial charge in [0.05, 0.1) is 4.47 Å². The fraction of sp³-hybridized carbons (Fsp3) is 0. The molecular weight excluding hydrogens is 485 g/mol. The molecule has 3 rings (SSSR count). The van der Waals surface area contributed by atoms with Gasteiger partial charge in [-0.25, -0.2) is 9.78 Å². The lowest BCUT2D eigenvalue weighted by molar-refractivity contribution is -0.131. The first-order valence-corrected chi connectivity index (χ1v) is 8.65. The molecule has 2 aromatic heterocycles. The van der Waals surface area contributed by atoms with Crippen LogP contribution in [-0.2, 0) is 4.79 Å². The number of furan rings is 1. The van der Waals surface area contributed by atoms with Crippen molar-refractivity contribution in [3.63, 3.8) is 0 Å². The van der Waals surface area contributed by atoms with E-state index in [-0.39, 0.29) is 10.1 Å². The first-order valence-electron chi connectivity index (χ1n) is 5.96. The van der Waals surface area contributed by atoms with Crippen molar-refractivity contribution in [1.29, 1.82) is 0 Å². The van der Waals surface area contributed by atoms with Gasteiger partial charge < -0.3 is 13.9 Å². The molecule has 0 radical (unpaired) electrons. The van der Waals surface area contributed by atoms with E-state index in [1.807, 2.05) is 34.7 Å². The second kappa shape index (κ2) is 6.47. The molecule has 0 atom stereocenters. The van der Waals surface area contributed by atoms with Crippen LogP contribution in [0.1, 0.15) is 5.76 Å². The Hall–Kier alpha value is -1.26. The molecule has 1 aromatic carbocycles. The van der Waals surface area contributed by atoms with Crippen LogP contribution < -0.4 is 0 Å². The highest BCUT2D eigenvalue weighted by molar-refractivity contribution is 14.1. The molecule has 5 nitrogen and oxygen atoms in total. The molecule has 0 aliphatic carbocycles. The lowest BCUT2D eigenvalue weighted by Gasteiger charge is -1.96. The van der Waals surface area contributed by atoms with Crippen LogP contribution in [0.5, 0.6) is 0 Å². The zero-order chi connectivity index (χ0) is 15.7. The number of fused-ring (bicyclic) bond motifs is 1. The van der Waals surface area contributed by atoms with Crippen LogP contribution >= 0.6 is 50.3 Å². The van der Waals surface area contributed by atoms with Gasteiger partial charge in [0.2, 0.25) is 0 Å². The van der Waals surface area contributed by atoms with Gasteiger partial charge in [-0.15, -0.1) is 0 Å². The van der Waals surface area contributed by atoms with Gasteiger partial charge in [-0.3, -0.25) is 0 Å². The normalized spacial score (nSPS) is 12.0. The average Bonchev–Trinajstić information content (AvgIpc) is 3.01. The number of nitrogens with zero attached hydrogens (tertiary/aromatic N) is 1. The summed E-state index contributed by atoms with van der Waals surface area (Å²) in [5, 5.41) is 9.61. The Balaban J connectivity index is 1.92. The van der Waals surface area contributed by atoms with Crippen molar-refractivity contribution >= 4 is 73.4 Å². The van der Waals surface area contributed by atoms with Crippen molar-refractivity contribution in [3.8, 4) is 0 Å². The first-order chi connectivity index (χ1) is 10.5. The van der Waals surface area contributed by atoms with E-state index in [0.29, 0.717) is 20.6 Å². The molecule has 0 unspecified atom stereocenters.